The number of nitrogens with one attached hydrogen (secondary N) is 4. The molecule has 0 saturated heterocycles. The van der Waals surface area contributed by atoms with E-state index < -0.39 is 11.8 Å². The van der Waals surface area contributed by atoms with Crippen LogP contribution in [0.4, 0.5) is 0 Å². The number of hydrogen-bond donors (Lipinski definition) is 4. The molecule has 0 spiro atoms. The molecular weight excluding hydrogens is 503 g/mol. The van der Waals surface area contributed by atoms with Gasteiger partial charge in [0.05, 0.1) is 36.3 Å². The first kappa shape index (κ1) is 27.1. The zero-order valence-corrected chi connectivity index (χ0v) is 21.5. The molecule has 1 aromatic carbocycles. The summed E-state index contributed by atoms with van der Waals surface area (Å²) >= 11 is 0. The summed E-state index contributed by atoms with van der Waals surface area (Å²) in [6.45, 7) is 6.73. The minimum absolute atomic E-state index is 0. The normalized spacial score (nSPS) is 24.4. The molecule has 2 aliphatic carbocycles. The first-order valence-electron chi connectivity index (χ1n) is 11.3. The van der Waals surface area contributed by atoms with Gasteiger partial charge >= 0.3 is 0 Å². The number of carbonyl (C=O) groups is 2. The van der Waals surface area contributed by atoms with Gasteiger partial charge in [0, 0.05) is 24.2 Å². The average Bonchev–Trinajstić information content (AvgIpc) is 3.57. The minimum atomic E-state index is -0.586. The number of aldehydes is 2. The van der Waals surface area contributed by atoms with Crippen molar-refractivity contribution in [3.8, 4) is 0 Å². The summed E-state index contributed by atoms with van der Waals surface area (Å²) in [6, 6.07) is 7.56. The number of halogens is 2. The predicted octanol–water partition coefficient (Wildman–Crippen LogP) is 1.57. The smallest absolute Gasteiger partial charge is 0.212 e. The molecule has 0 aromatic heterocycles. The summed E-state index contributed by atoms with van der Waals surface area (Å²) in [5.74, 6) is -0.0112. The third kappa shape index (κ3) is 4.66. The maximum atomic E-state index is 12.5. The van der Waals surface area contributed by atoms with Crippen molar-refractivity contribution in [2.45, 2.75) is 25.7 Å². The number of nitrogens with zero attached hydrogens (tertiary/aromatic N) is 4. The van der Waals surface area contributed by atoms with Crippen LogP contribution in [0.3, 0.4) is 0 Å². The van der Waals surface area contributed by atoms with Crippen LogP contribution in [0.25, 0.3) is 0 Å². The van der Waals surface area contributed by atoms with Crippen LogP contribution in [0.15, 0.2) is 66.7 Å². The highest BCUT2D eigenvalue weighted by Crippen LogP contribution is 2.46. The fourth-order valence-corrected chi connectivity index (χ4v) is 4.77. The molecule has 0 saturated carbocycles. The summed E-state index contributed by atoms with van der Waals surface area (Å²) in [4.78, 5) is 33.7. The van der Waals surface area contributed by atoms with Crippen LogP contribution in [0.5, 0.6) is 0 Å². The monoisotopic (exact) mass is 530 g/mol. The van der Waals surface area contributed by atoms with Gasteiger partial charge in [0.1, 0.15) is 12.6 Å². The van der Waals surface area contributed by atoms with Crippen LogP contribution in [0.2, 0.25) is 0 Å². The predicted molar refractivity (Wildman–Crippen MR) is 146 cm³/mol. The Morgan fingerprint density at radius 2 is 1.22 bits per heavy atom. The number of benzene rings is 1. The van der Waals surface area contributed by atoms with Crippen molar-refractivity contribution in [3.63, 3.8) is 0 Å². The molecular formula is C24H28Cl2N8O2. The van der Waals surface area contributed by atoms with E-state index in [1.54, 1.807) is 0 Å². The Labute approximate surface area is 221 Å². The molecule has 0 radical (unpaired) electrons. The lowest BCUT2D eigenvalue weighted by Gasteiger charge is -2.36. The number of guanidine groups is 2. The standard InChI is InChI=1S/C24H26N8O2.2ClH/c1-13-14(2)22(30-32-24-27-9-10-28-24)20-18(12-34)16-6-4-3-5-15(16)17(11-33)19(20)21(13)29-31-23-25-7-8-26-23;;/h3-6,11-12,17-18H,7-10H2,1-2H3,(H2,25,26,31)(H2,27,28,32);2*1H. The maximum absolute atomic E-state index is 12.5. The molecule has 4 N–H and O–H groups in total. The zero-order valence-electron chi connectivity index (χ0n) is 19.9. The van der Waals surface area contributed by atoms with Gasteiger partial charge in [-0.1, -0.05) is 24.3 Å². The summed E-state index contributed by atoms with van der Waals surface area (Å²) in [5.41, 5.74) is 11.9. The lowest BCUT2D eigenvalue weighted by atomic mass is 9.66. The molecule has 4 aliphatic rings. The molecule has 12 heteroatoms. The van der Waals surface area contributed by atoms with E-state index in [0.717, 1.165) is 47.9 Å². The Kier molecular flexibility index (Phi) is 8.65. The maximum Gasteiger partial charge on any atom is 0.212 e. The number of fused-ring (bicyclic) bond motifs is 1. The summed E-state index contributed by atoms with van der Waals surface area (Å²) in [6.07, 6.45) is 1.83. The highest BCUT2D eigenvalue weighted by molar-refractivity contribution is 6.31. The lowest BCUT2D eigenvalue weighted by molar-refractivity contribution is -0.109. The van der Waals surface area contributed by atoms with E-state index in [0.29, 0.717) is 47.6 Å². The molecule has 1 aromatic rings. The molecule has 0 amide bonds. The molecule has 190 valence electrons. The van der Waals surface area contributed by atoms with Gasteiger partial charge in [-0.05, 0) is 36.1 Å². The molecule has 2 unspecified atom stereocenters. The second kappa shape index (κ2) is 11.5. The number of allylic oxidation sites excluding steroid dienone is 4. The van der Waals surface area contributed by atoms with Crippen molar-refractivity contribution in [2.24, 2.45) is 20.2 Å². The summed E-state index contributed by atoms with van der Waals surface area (Å²) in [7, 11) is 0. The summed E-state index contributed by atoms with van der Waals surface area (Å²) < 4.78 is 0. The Morgan fingerprint density at radius 3 is 1.56 bits per heavy atom. The molecule has 2 aliphatic heterocycles. The van der Waals surface area contributed by atoms with Crippen molar-refractivity contribution in [1.29, 1.82) is 0 Å². The van der Waals surface area contributed by atoms with Gasteiger partial charge in [0.15, 0.2) is 0 Å². The highest BCUT2D eigenvalue weighted by Gasteiger charge is 2.42. The Hall–Kier alpha value is -3.50. The second-order valence-electron chi connectivity index (χ2n) is 8.39. The van der Waals surface area contributed by atoms with Crippen LogP contribution in [-0.2, 0) is 9.59 Å². The van der Waals surface area contributed by atoms with Gasteiger partial charge in [-0.15, -0.1) is 24.8 Å². The molecule has 0 bridgehead atoms. The first-order valence-corrected chi connectivity index (χ1v) is 11.3. The van der Waals surface area contributed by atoms with Gasteiger partial charge in [0.25, 0.3) is 0 Å². The highest BCUT2D eigenvalue weighted by atomic mass is 35.5. The molecule has 10 nitrogen and oxygen atoms in total. The number of rotatable bonds is 4. The largest absolute Gasteiger partial charge is 0.353 e. The van der Waals surface area contributed by atoms with Crippen molar-refractivity contribution >= 4 is 60.7 Å². The van der Waals surface area contributed by atoms with E-state index in [1.807, 2.05) is 38.1 Å². The number of carbonyl (C=O) groups excluding carboxylic acids is 2. The SMILES string of the molecule is CC1=C(C)C(=NNC2=NCCN2)C2=C(C1=NNC1=NCCN1)C(C=O)c1ccccc1C2C=O.Cl.Cl. The van der Waals surface area contributed by atoms with Gasteiger partial charge in [-0.2, -0.15) is 10.2 Å². The first-order chi connectivity index (χ1) is 16.6. The van der Waals surface area contributed by atoms with Gasteiger partial charge in [-0.3, -0.25) is 0 Å². The fraction of sp³-hybridized carbons (Fsp3) is 0.333. The zero-order chi connectivity index (χ0) is 23.7. The van der Waals surface area contributed by atoms with Crippen LogP contribution in [0, 0.1) is 0 Å². The molecule has 0 fully saturated rings. The summed E-state index contributed by atoms with van der Waals surface area (Å²) in [5, 5.41) is 15.6. The third-order valence-corrected chi connectivity index (χ3v) is 6.53. The number of aliphatic imine (C=N–C) groups is 2. The quantitative estimate of drug-likeness (QED) is 0.265. The number of hydrogen-bond acceptors (Lipinski definition) is 10. The fourth-order valence-electron chi connectivity index (χ4n) is 4.77. The minimum Gasteiger partial charge on any atom is -0.353 e. The Morgan fingerprint density at radius 1 is 0.806 bits per heavy atom. The van der Waals surface area contributed by atoms with Gasteiger partial charge < -0.3 is 20.2 Å². The third-order valence-electron chi connectivity index (χ3n) is 6.53. The van der Waals surface area contributed by atoms with E-state index in [-0.39, 0.29) is 24.8 Å². The van der Waals surface area contributed by atoms with E-state index >= 15 is 0 Å². The van der Waals surface area contributed by atoms with E-state index in [2.05, 4.69) is 41.7 Å². The van der Waals surface area contributed by atoms with E-state index in [1.165, 1.54) is 0 Å². The Balaban J connectivity index is 0.00000180. The Bertz CT molecular complexity index is 1160. The average molecular weight is 531 g/mol. The molecule has 2 heterocycles. The van der Waals surface area contributed by atoms with Crippen molar-refractivity contribution in [2.75, 3.05) is 26.2 Å². The van der Waals surface area contributed by atoms with Crippen LogP contribution < -0.4 is 21.5 Å². The molecule has 5 rings (SSSR count). The topological polar surface area (TPSA) is 132 Å². The van der Waals surface area contributed by atoms with Crippen LogP contribution in [0.1, 0.15) is 36.8 Å². The van der Waals surface area contributed by atoms with Crippen molar-refractivity contribution < 1.29 is 9.59 Å². The van der Waals surface area contributed by atoms with Crippen molar-refractivity contribution in [1.82, 2.24) is 21.5 Å². The van der Waals surface area contributed by atoms with Crippen molar-refractivity contribution in [3.05, 3.63) is 57.7 Å². The van der Waals surface area contributed by atoms with Crippen LogP contribution >= 0.6 is 24.8 Å². The second-order valence-corrected chi connectivity index (χ2v) is 8.39. The molecule has 2 atom stereocenters. The van der Waals surface area contributed by atoms with E-state index in [9.17, 15) is 9.59 Å². The van der Waals surface area contributed by atoms with Gasteiger partial charge in [-0.25, -0.2) is 20.8 Å². The molecule has 36 heavy (non-hydrogen) atoms. The van der Waals surface area contributed by atoms with Crippen LogP contribution in [-0.4, -0.2) is 62.1 Å². The number of hydrazone groups is 2. The lowest BCUT2D eigenvalue weighted by Crippen LogP contribution is -2.38. The van der Waals surface area contributed by atoms with E-state index in [4.69, 9.17) is 0 Å². The van der Waals surface area contributed by atoms with Gasteiger partial charge in [0.2, 0.25) is 11.9 Å².